The molecule has 1 aromatic heterocycles. The highest BCUT2D eigenvalue weighted by Crippen LogP contribution is 2.29. The van der Waals surface area contributed by atoms with Gasteiger partial charge in [-0.05, 0) is 30.6 Å². The molecule has 0 radical (unpaired) electrons. The van der Waals surface area contributed by atoms with Gasteiger partial charge >= 0.3 is 6.18 Å². The van der Waals surface area contributed by atoms with Crippen LogP contribution in [0.1, 0.15) is 26.5 Å². The van der Waals surface area contributed by atoms with Gasteiger partial charge in [-0.1, -0.05) is 16.6 Å². The van der Waals surface area contributed by atoms with E-state index in [2.05, 4.69) is 9.59 Å². The van der Waals surface area contributed by atoms with Gasteiger partial charge in [0.2, 0.25) is 5.78 Å². The number of benzene rings is 1. The number of nitrogens with zero attached hydrogens (tertiary/aromatic N) is 2. The summed E-state index contributed by atoms with van der Waals surface area (Å²) in [5.74, 6) is -0.365. The molecule has 3 nitrogen and oxygen atoms in total. The Balaban J connectivity index is 2.31. The van der Waals surface area contributed by atoms with Crippen molar-refractivity contribution in [1.82, 2.24) is 9.59 Å². The first-order chi connectivity index (χ1) is 8.39. The van der Waals surface area contributed by atoms with E-state index in [4.69, 9.17) is 0 Å². The number of alkyl halides is 3. The van der Waals surface area contributed by atoms with Gasteiger partial charge in [-0.3, -0.25) is 4.79 Å². The van der Waals surface area contributed by atoms with Crippen LogP contribution in [0.2, 0.25) is 0 Å². The van der Waals surface area contributed by atoms with E-state index in [-0.39, 0.29) is 11.3 Å². The number of carbonyl (C=O) groups is 1. The lowest BCUT2D eigenvalue weighted by Crippen LogP contribution is -2.06. The maximum absolute atomic E-state index is 12.4. The lowest BCUT2D eigenvalue weighted by atomic mass is 10.1. The van der Waals surface area contributed by atoms with Crippen LogP contribution in [0.25, 0.3) is 0 Å². The predicted octanol–water partition coefficient (Wildman–Crippen LogP) is 3.10. The molecule has 0 saturated heterocycles. The van der Waals surface area contributed by atoms with Gasteiger partial charge in [-0.15, -0.1) is 5.10 Å². The Kier molecular flexibility index (Phi) is 3.16. The molecule has 2 aromatic rings. The second-order valence-corrected chi connectivity index (χ2v) is 4.35. The first kappa shape index (κ1) is 12.7. The Morgan fingerprint density at radius 1 is 1.22 bits per heavy atom. The van der Waals surface area contributed by atoms with Crippen LogP contribution in [0.5, 0.6) is 0 Å². The molecule has 0 amide bonds. The van der Waals surface area contributed by atoms with E-state index in [1.807, 2.05) is 0 Å². The number of aromatic nitrogens is 2. The van der Waals surface area contributed by atoms with Gasteiger partial charge in [-0.2, -0.15) is 13.2 Å². The molecule has 1 heterocycles. The molecular formula is C11H7F3N2OS. The average Bonchev–Trinajstić information content (AvgIpc) is 2.73. The summed E-state index contributed by atoms with van der Waals surface area (Å²) >= 11 is 0.929. The molecule has 0 bridgehead atoms. The lowest BCUT2D eigenvalue weighted by Gasteiger charge is -2.06. The van der Waals surface area contributed by atoms with Crippen LogP contribution >= 0.6 is 11.5 Å². The number of aryl methyl sites for hydroxylation is 1. The molecule has 7 heteroatoms. The monoisotopic (exact) mass is 272 g/mol. The first-order valence-electron chi connectivity index (χ1n) is 4.90. The third-order valence-electron chi connectivity index (χ3n) is 2.33. The van der Waals surface area contributed by atoms with Gasteiger partial charge in [-0.25, -0.2) is 0 Å². The summed E-state index contributed by atoms with van der Waals surface area (Å²) in [6.07, 6.45) is -4.40. The highest BCUT2D eigenvalue weighted by Gasteiger charge is 2.30. The smallest absolute Gasteiger partial charge is 0.288 e. The van der Waals surface area contributed by atoms with Gasteiger partial charge < -0.3 is 0 Å². The fourth-order valence-electron chi connectivity index (χ4n) is 1.38. The van der Waals surface area contributed by atoms with E-state index < -0.39 is 11.7 Å². The van der Waals surface area contributed by atoms with Crippen LogP contribution in [0, 0.1) is 6.92 Å². The molecule has 0 N–H and O–H groups in total. The van der Waals surface area contributed by atoms with Crippen LogP contribution in [-0.4, -0.2) is 15.4 Å². The zero-order chi connectivity index (χ0) is 13.3. The maximum Gasteiger partial charge on any atom is 0.416 e. The standard InChI is InChI=1S/C11H7F3N2OS/c1-6-10(18-16-15-6)9(17)7-2-4-8(5-3-7)11(12,13)14/h2-5H,1H3. The van der Waals surface area contributed by atoms with Gasteiger partial charge in [0.05, 0.1) is 11.3 Å². The first-order valence-corrected chi connectivity index (χ1v) is 5.68. The van der Waals surface area contributed by atoms with Gasteiger partial charge in [0.1, 0.15) is 4.88 Å². The summed E-state index contributed by atoms with van der Waals surface area (Å²) in [4.78, 5) is 12.3. The Morgan fingerprint density at radius 2 is 1.83 bits per heavy atom. The number of rotatable bonds is 2. The van der Waals surface area contributed by atoms with Crippen molar-refractivity contribution < 1.29 is 18.0 Å². The van der Waals surface area contributed by atoms with E-state index in [1.54, 1.807) is 6.92 Å². The highest BCUT2D eigenvalue weighted by atomic mass is 32.1. The SMILES string of the molecule is Cc1nnsc1C(=O)c1ccc(C(F)(F)F)cc1. The molecule has 2 rings (SSSR count). The number of carbonyl (C=O) groups excluding carboxylic acids is 1. The molecule has 0 spiro atoms. The fraction of sp³-hybridized carbons (Fsp3) is 0.182. The van der Waals surface area contributed by atoms with Crippen molar-refractivity contribution in [2.45, 2.75) is 13.1 Å². The second-order valence-electron chi connectivity index (χ2n) is 3.59. The van der Waals surface area contributed by atoms with Crippen molar-refractivity contribution in [2.24, 2.45) is 0 Å². The molecule has 0 aliphatic heterocycles. The van der Waals surface area contributed by atoms with Crippen molar-refractivity contribution in [3.63, 3.8) is 0 Å². The van der Waals surface area contributed by atoms with Crippen LogP contribution < -0.4 is 0 Å². The normalized spacial score (nSPS) is 11.6. The third kappa shape index (κ3) is 2.40. The zero-order valence-corrected chi connectivity index (χ0v) is 9.97. The minimum absolute atomic E-state index is 0.192. The second kappa shape index (κ2) is 4.49. The molecular weight excluding hydrogens is 265 g/mol. The summed E-state index contributed by atoms with van der Waals surface area (Å²) in [5.41, 5.74) is -0.111. The minimum atomic E-state index is -4.40. The predicted molar refractivity (Wildman–Crippen MR) is 59.5 cm³/mol. The van der Waals surface area contributed by atoms with E-state index in [0.29, 0.717) is 10.6 Å². The molecule has 1 aromatic carbocycles. The van der Waals surface area contributed by atoms with Crippen LogP contribution in [-0.2, 0) is 6.18 Å². The summed E-state index contributed by atoms with van der Waals surface area (Å²) in [5, 5.41) is 3.69. The Bertz CT molecular complexity index is 575. The molecule has 0 unspecified atom stereocenters. The number of hydrogen-bond donors (Lipinski definition) is 0. The Hall–Kier alpha value is -1.76. The van der Waals surface area contributed by atoms with Crippen LogP contribution in [0.15, 0.2) is 24.3 Å². The van der Waals surface area contributed by atoms with Crippen molar-refractivity contribution in [2.75, 3.05) is 0 Å². The van der Waals surface area contributed by atoms with Crippen molar-refractivity contribution >= 4 is 17.3 Å². The van der Waals surface area contributed by atoms with Crippen molar-refractivity contribution in [3.05, 3.63) is 46.0 Å². The molecule has 0 saturated carbocycles. The summed E-state index contributed by atoms with van der Waals surface area (Å²) in [6, 6.07) is 4.09. The Morgan fingerprint density at radius 3 is 2.28 bits per heavy atom. The largest absolute Gasteiger partial charge is 0.416 e. The van der Waals surface area contributed by atoms with E-state index >= 15 is 0 Å². The van der Waals surface area contributed by atoms with Crippen LogP contribution in [0.3, 0.4) is 0 Å². The minimum Gasteiger partial charge on any atom is -0.288 e. The summed E-state index contributed by atoms with van der Waals surface area (Å²) < 4.78 is 40.7. The third-order valence-corrected chi connectivity index (χ3v) is 3.16. The number of hydrogen-bond acceptors (Lipinski definition) is 4. The molecule has 0 fully saturated rings. The fourth-order valence-corrected chi connectivity index (χ4v) is 2.00. The molecule has 0 atom stereocenters. The average molecular weight is 272 g/mol. The van der Waals surface area contributed by atoms with E-state index in [1.165, 1.54) is 0 Å². The van der Waals surface area contributed by atoms with Gasteiger partial charge in [0, 0.05) is 5.56 Å². The van der Waals surface area contributed by atoms with Crippen molar-refractivity contribution in [1.29, 1.82) is 0 Å². The summed E-state index contributed by atoms with van der Waals surface area (Å²) in [7, 11) is 0. The lowest BCUT2D eigenvalue weighted by molar-refractivity contribution is -0.137. The number of halogens is 3. The highest BCUT2D eigenvalue weighted by molar-refractivity contribution is 7.08. The quantitative estimate of drug-likeness (QED) is 0.789. The van der Waals surface area contributed by atoms with Crippen LogP contribution in [0.4, 0.5) is 13.2 Å². The maximum atomic E-state index is 12.4. The Labute approximate surface area is 104 Å². The molecule has 0 aliphatic rings. The molecule has 94 valence electrons. The number of ketones is 1. The van der Waals surface area contributed by atoms with Crippen molar-refractivity contribution in [3.8, 4) is 0 Å². The van der Waals surface area contributed by atoms with E-state index in [0.717, 1.165) is 35.8 Å². The molecule has 0 aliphatic carbocycles. The van der Waals surface area contributed by atoms with Gasteiger partial charge in [0.15, 0.2) is 0 Å². The topological polar surface area (TPSA) is 42.9 Å². The molecule has 18 heavy (non-hydrogen) atoms. The summed E-state index contributed by atoms with van der Waals surface area (Å²) in [6.45, 7) is 1.63. The zero-order valence-electron chi connectivity index (χ0n) is 9.15. The van der Waals surface area contributed by atoms with Gasteiger partial charge in [0.25, 0.3) is 0 Å². The van der Waals surface area contributed by atoms with E-state index in [9.17, 15) is 18.0 Å².